The van der Waals surface area contributed by atoms with Crippen molar-refractivity contribution in [2.24, 2.45) is 0 Å². The first kappa shape index (κ1) is 14.4. The number of rotatable bonds is 3. The van der Waals surface area contributed by atoms with Gasteiger partial charge in [0.2, 0.25) is 5.43 Å². The smallest absolute Gasteiger partial charge is 0.319 e. The molecule has 0 aliphatic rings. The largest absolute Gasteiger partial charge is 0.392 e. The van der Waals surface area contributed by atoms with Crippen LogP contribution in [0.25, 0.3) is 10.9 Å². The highest BCUT2D eigenvalue weighted by Crippen LogP contribution is 2.19. The number of amides is 2. The number of anilines is 1. The molecule has 0 aliphatic heterocycles. The summed E-state index contributed by atoms with van der Waals surface area (Å²) in [4.78, 5) is 26.6. The molecule has 1 aromatic heterocycles. The summed E-state index contributed by atoms with van der Waals surface area (Å²) >= 11 is 5.97. The van der Waals surface area contributed by atoms with E-state index in [-0.39, 0.29) is 17.7 Å². The van der Waals surface area contributed by atoms with Crippen molar-refractivity contribution in [3.05, 3.63) is 39.6 Å². The molecule has 1 aromatic carbocycles. The van der Waals surface area contributed by atoms with Crippen LogP contribution in [0.1, 0.15) is 6.92 Å². The lowest BCUT2D eigenvalue weighted by Crippen LogP contribution is -2.35. The molecule has 1 unspecified atom stereocenters. The Morgan fingerprint density at radius 3 is 2.95 bits per heavy atom. The van der Waals surface area contributed by atoms with Crippen molar-refractivity contribution in [3.63, 3.8) is 0 Å². The van der Waals surface area contributed by atoms with Crippen LogP contribution in [0.5, 0.6) is 0 Å². The van der Waals surface area contributed by atoms with Gasteiger partial charge in [-0.05, 0) is 19.1 Å². The molecule has 2 rings (SSSR count). The molecule has 0 bridgehead atoms. The minimum atomic E-state index is -0.658. The van der Waals surface area contributed by atoms with Gasteiger partial charge < -0.3 is 20.7 Å². The Morgan fingerprint density at radius 1 is 1.50 bits per heavy atom. The number of halogens is 1. The van der Waals surface area contributed by atoms with Gasteiger partial charge in [-0.1, -0.05) is 17.7 Å². The van der Waals surface area contributed by atoms with Gasteiger partial charge in [0.05, 0.1) is 16.6 Å². The van der Waals surface area contributed by atoms with Gasteiger partial charge in [0.15, 0.2) is 0 Å². The molecule has 20 heavy (non-hydrogen) atoms. The van der Waals surface area contributed by atoms with Crippen LogP contribution in [0.2, 0.25) is 5.02 Å². The maximum atomic E-state index is 12.2. The third-order valence-electron chi connectivity index (χ3n) is 2.67. The summed E-state index contributed by atoms with van der Waals surface area (Å²) in [6, 6.07) is 4.40. The topological polar surface area (TPSA) is 94.2 Å². The quantitative estimate of drug-likeness (QED) is 0.694. The van der Waals surface area contributed by atoms with Gasteiger partial charge in [0.1, 0.15) is 5.69 Å². The lowest BCUT2D eigenvalue weighted by atomic mass is 10.2. The van der Waals surface area contributed by atoms with Crippen LogP contribution in [-0.4, -0.2) is 28.8 Å². The van der Waals surface area contributed by atoms with Crippen LogP contribution in [0, 0.1) is 0 Å². The number of nitrogens with one attached hydrogen (secondary N) is 3. The summed E-state index contributed by atoms with van der Waals surface area (Å²) in [7, 11) is 0. The van der Waals surface area contributed by atoms with Crippen LogP contribution in [0.3, 0.4) is 0 Å². The van der Waals surface area contributed by atoms with E-state index in [9.17, 15) is 9.59 Å². The standard InChI is InChI=1S/C13H14ClN3O3/c1-7(18)5-16-13(20)17-10-6-15-11-8(12(10)19)3-2-4-9(11)14/h2-4,6-7,18H,5H2,1H3,(H,15,19)(H2,16,17,20). The highest BCUT2D eigenvalue weighted by molar-refractivity contribution is 6.35. The van der Waals surface area contributed by atoms with Crippen LogP contribution < -0.4 is 16.1 Å². The molecule has 0 radical (unpaired) electrons. The molecular formula is C13H14ClN3O3. The van der Waals surface area contributed by atoms with Crippen LogP contribution in [0.15, 0.2) is 29.2 Å². The average molecular weight is 296 g/mol. The fourth-order valence-electron chi connectivity index (χ4n) is 1.71. The first-order valence-electron chi connectivity index (χ1n) is 6.02. The summed E-state index contributed by atoms with van der Waals surface area (Å²) < 4.78 is 0. The minimum Gasteiger partial charge on any atom is -0.392 e. The maximum absolute atomic E-state index is 12.2. The van der Waals surface area contributed by atoms with Crippen molar-refractivity contribution in [1.29, 1.82) is 0 Å². The van der Waals surface area contributed by atoms with Crippen molar-refractivity contribution in [2.75, 3.05) is 11.9 Å². The fraction of sp³-hybridized carbons (Fsp3) is 0.231. The minimum absolute atomic E-state index is 0.100. The lowest BCUT2D eigenvalue weighted by Gasteiger charge is -2.09. The SMILES string of the molecule is CC(O)CNC(=O)Nc1c[nH]c2c(Cl)cccc2c1=O. The molecule has 0 fully saturated rings. The highest BCUT2D eigenvalue weighted by Gasteiger charge is 2.10. The van der Waals surface area contributed by atoms with Gasteiger partial charge in [0, 0.05) is 18.1 Å². The Kier molecular flexibility index (Phi) is 4.26. The molecule has 0 aliphatic carbocycles. The molecule has 2 aromatic rings. The molecule has 1 heterocycles. The lowest BCUT2D eigenvalue weighted by molar-refractivity contribution is 0.190. The molecular weight excluding hydrogens is 282 g/mol. The number of fused-ring (bicyclic) bond motifs is 1. The number of carbonyl (C=O) groups excluding carboxylic acids is 1. The van der Waals surface area contributed by atoms with Gasteiger partial charge in [0.25, 0.3) is 0 Å². The average Bonchev–Trinajstić information content (AvgIpc) is 2.40. The van der Waals surface area contributed by atoms with E-state index in [1.54, 1.807) is 25.1 Å². The third kappa shape index (κ3) is 3.09. The predicted octanol–water partition coefficient (Wildman–Crippen LogP) is 1.68. The number of H-pyrrole nitrogens is 1. The van der Waals surface area contributed by atoms with Crippen LogP contribution in [-0.2, 0) is 0 Å². The number of aliphatic hydroxyl groups is 1. The van der Waals surface area contributed by atoms with E-state index in [0.29, 0.717) is 15.9 Å². The molecule has 0 saturated heterocycles. The third-order valence-corrected chi connectivity index (χ3v) is 2.98. The fourth-order valence-corrected chi connectivity index (χ4v) is 1.94. The van der Waals surface area contributed by atoms with Crippen LogP contribution >= 0.6 is 11.6 Å². The van der Waals surface area contributed by atoms with Crippen molar-refractivity contribution in [3.8, 4) is 0 Å². The Bertz CT molecular complexity index is 697. The zero-order chi connectivity index (χ0) is 14.7. The summed E-state index contributed by atoms with van der Waals surface area (Å²) in [6.07, 6.45) is 0.729. The molecule has 1 atom stereocenters. The number of hydrogen-bond acceptors (Lipinski definition) is 3. The van der Waals surface area contributed by atoms with Gasteiger partial charge in [-0.3, -0.25) is 4.79 Å². The zero-order valence-electron chi connectivity index (χ0n) is 10.7. The molecule has 0 spiro atoms. The van der Waals surface area contributed by atoms with Crippen molar-refractivity contribution < 1.29 is 9.90 Å². The second-order valence-electron chi connectivity index (χ2n) is 4.38. The molecule has 0 saturated carbocycles. The highest BCUT2D eigenvalue weighted by atomic mass is 35.5. The van der Waals surface area contributed by atoms with E-state index in [0.717, 1.165) is 0 Å². The molecule has 4 N–H and O–H groups in total. The second-order valence-corrected chi connectivity index (χ2v) is 4.79. The maximum Gasteiger partial charge on any atom is 0.319 e. The van der Waals surface area contributed by atoms with E-state index < -0.39 is 12.1 Å². The molecule has 7 heteroatoms. The number of carbonyl (C=O) groups is 1. The Labute approximate surface area is 119 Å². The van der Waals surface area contributed by atoms with E-state index in [1.165, 1.54) is 6.20 Å². The van der Waals surface area contributed by atoms with Gasteiger partial charge in [-0.25, -0.2) is 4.79 Å². The summed E-state index contributed by atoms with van der Waals surface area (Å²) in [6.45, 7) is 1.65. The molecule has 6 nitrogen and oxygen atoms in total. The van der Waals surface area contributed by atoms with Crippen molar-refractivity contribution in [1.82, 2.24) is 10.3 Å². The van der Waals surface area contributed by atoms with Crippen molar-refractivity contribution >= 4 is 34.2 Å². The summed E-state index contributed by atoms with van der Waals surface area (Å²) in [5.74, 6) is 0. The monoisotopic (exact) mass is 295 g/mol. The molecule has 2 amide bonds. The Hall–Kier alpha value is -2.05. The van der Waals surface area contributed by atoms with E-state index in [4.69, 9.17) is 16.7 Å². The number of para-hydroxylation sites is 1. The number of urea groups is 1. The van der Waals surface area contributed by atoms with E-state index in [1.807, 2.05) is 0 Å². The predicted molar refractivity (Wildman–Crippen MR) is 78.3 cm³/mol. The second kappa shape index (κ2) is 5.94. The molecule has 106 valence electrons. The number of benzene rings is 1. The number of aromatic nitrogens is 1. The van der Waals surface area contributed by atoms with Gasteiger partial charge in [-0.15, -0.1) is 0 Å². The van der Waals surface area contributed by atoms with Gasteiger partial charge >= 0.3 is 6.03 Å². The van der Waals surface area contributed by atoms with E-state index in [2.05, 4.69) is 15.6 Å². The van der Waals surface area contributed by atoms with E-state index >= 15 is 0 Å². The van der Waals surface area contributed by atoms with Gasteiger partial charge in [-0.2, -0.15) is 0 Å². The number of aliphatic hydroxyl groups excluding tert-OH is 1. The Balaban J connectivity index is 2.26. The number of pyridine rings is 1. The van der Waals surface area contributed by atoms with Crippen LogP contribution in [0.4, 0.5) is 10.5 Å². The first-order valence-corrected chi connectivity index (χ1v) is 6.39. The summed E-state index contributed by atoms with van der Waals surface area (Å²) in [5.41, 5.74) is 0.311. The first-order chi connectivity index (χ1) is 9.49. The van der Waals surface area contributed by atoms with Crippen molar-refractivity contribution in [2.45, 2.75) is 13.0 Å². The normalized spacial score (nSPS) is 12.2. The Morgan fingerprint density at radius 2 is 2.25 bits per heavy atom. The zero-order valence-corrected chi connectivity index (χ0v) is 11.5. The summed E-state index contributed by atoms with van der Waals surface area (Å²) in [5, 5.41) is 14.8. The number of hydrogen-bond donors (Lipinski definition) is 4. The number of aromatic amines is 1.